The molecule has 0 amide bonds. The molecule has 0 spiro atoms. The van der Waals surface area contributed by atoms with E-state index in [9.17, 15) is 34.5 Å². The SMILES string of the molecule is CC.COC(=O)C#C[C@]1(O)CC[C@H]2[C@@H]3C[C@@H](OC(C)=O)c4cc(C)ccc4[C@H]3CC[C@@]21C.COC(=O)C#C[C@]1(O)CC[C@H]2[C@@H]3C[C@@H](OC(C)=O)c4cc(C)ccc4[C@H]3C[C@@H](O)[C@@]21C. The van der Waals surface area contributed by atoms with E-state index < -0.39 is 40.1 Å². The number of esters is 4. The maximum atomic E-state index is 11.8. The topological polar surface area (TPSA) is 166 Å². The normalized spacial score (nSPS) is 36.2. The van der Waals surface area contributed by atoms with E-state index in [1.54, 1.807) is 0 Å². The summed E-state index contributed by atoms with van der Waals surface area (Å²) in [6, 6.07) is 12.7. The third-order valence-corrected chi connectivity index (χ3v) is 15.9. The lowest BCUT2D eigenvalue weighted by molar-refractivity contribution is -0.159. The smallest absolute Gasteiger partial charge is 0.384 e. The van der Waals surface area contributed by atoms with E-state index in [1.165, 1.54) is 39.2 Å². The molecule has 340 valence electrons. The van der Waals surface area contributed by atoms with E-state index in [2.05, 4.69) is 83.4 Å². The minimum absolute atomic E-state index is 0.0225. The summed E-state index contributed by atoms with van der Waals surface area (Å²) in [5.41, 5.74) is 2.83. The molecule has 6 aliphatic rings. The van der Waals surface area contributed by atoms with Crippen LogP contribution in [0.15, 0.2) is 36.4 Å². The Morgan fingerprint density at radius 2 is 1.10 bits per heavy atom. The van der Waals surface area contributed by atoms with Crippen LogP contribution in [0.4, 0.5) is 0 Å². The van der Waals surface area contributed by atoms with Gasteiger partial charge < -0.3 is 34.3 Å². The van der Waals surface area contributed by atoms with E-state index in [-0.39, 0.29) is 47.8 Å². The summed E-state index contributed by atoms with van der Waals surface area (Å²) in [6.07, 6.45) is 4.75. The fraction of sp³-hybridized carbons (Fsp3) is 0.615. The van der Waals surface area contributed by atoms with Crippen LogP contribution in [-0.2, 0) is 38.1 Å². The Hall–Kier alpha value is -4.68. The van der Waals surface area contributed by atoms with Crippen molar-refractivity contribution in [3.63, 3.8) is 0 Å². The predicted molar refractivity (Wildman–Crippen MR) is 235 cm³/mol. The van der Waals surface area contributed by atoms with Crippen LogP contribution in [-0.4, -0.2) is 70.7 Å². The van der Waals surface area contributed by atoms with Gasteiger partial charge in [0.1, 0.15) is 23.4 Å². The quantitative estimate of drug-likeness (QED) is 0.118. The van der Waals surface area contributed by atoms with Crippen molar-refractivity contribution in [2.75, 3.05) is 14.2 Å². The predicted octanol–water partition coefficient (Wildman–Crippen LogP) is 7.64. The van der Waals surface area contributed by atoms with Gasteiger partial charge in [0.05, 0.1) is 20.3 Å². The number of aliphatic hydroxyl groups is 3. The molecule has 0 saturated heterocycles. The molecule has 0 bridgehead atoms. The Morgan fingerprint density at radius 1 is 0.635 bits per heavy atom. The summed E-state index contributed by atoms with van der Waals surface area (Å²) < 4.78 is 20.7. The van der Waals surface area contributed by atoms with Gasteiger partial charge in [0, 0.05) is 36.5 Å². The van der Waals surface area contributed by atoms with Crippen LogP contribution in [0.1, 0.15) is 157 Å². The van der Waals surface area contributed by atoms with Gasteiger partial charge in [0.2, 0.25) is 0 Å². The first-order valence-corrected chi connectivity index (χ1v) is 22.7. The summed E-state index contributed by atoms with van der Waals surface area (Å²) in [4.78, 5) is 46.8. The minimum atomic E-state index is -1.49. The zero-order valence-corrected chi connectivity index (χ0v) is 38.6. The van der Waals surface area contributed by atoms with Crippen molar-refractivity contribution in [3.05, 3.63) is 69.8 Å². The second-order valence-corrected chi connectivity index (χ2v) is 19.0. The van der Waals surface area contributed by atoms with Crippen LogP contribution in [0.2, 0.25) is 0 Å². The van der Waals surface area contributed by atoms with Gasteiger partial charge in [-0.2, -0.15) is 0 Å². The highest BCUT2D eigenvalue weighted by molar-refractivity contribution is 5.89. The molecule has 63 heavy (non-hydrogen) atoms. The number of hydrogen-bond acceptors (Lipinski definition) is 11. The highest BCUT2D eigenvalue weighted by Gasteiger charge is 2.66. The lowest BCUT2D eigenvalue weighted by Crippen LogP contribution is -2.58. The van der Waals surface area contributed by atoms with E-state index in [4.69, 9.17) is 9.47 Å². The molecule has 2 aromatic rings. The Kier molecular flexibility index (Phi) is 14.0. The molecule has 0 radical (unpaired) electrons. The molecule has 11 nitrogen and oxygen atoms in total. The molecule has 0 unspecified atom stereocenters. The van der Waals surface area contributed by atoms with Gasteiger partial charge >= 0.3 is 23.9 Å². The van der Waals surface area contributed by atoms with Crippen LogP contribution in [0.3, 0.4) is 0 Å². The van der Waals surface area contributed by atoms with E-state index in [1.807, 2.05) is 27.7 Å². The average Bonchev–Trinajstić information content (AvgIpc) is 3.69. The number of carbonyl (C=O) groups is 4. The molecule has 3 N–H and O–H groups in total. The van der Waals surface area contributed by atoms with Crippen molar-refractivity contribution in [2.24, 2.45) is 34.5 Å². The zero-order chi connectivity index (χ0) is 46.2. The number of methoxy groups -OCH3 is 2. The zero-order valence-electron chi connectivity index (χ0n) is 38.6. The van der Waals surface area contributed by atoms with Crippen LogP contribution >= 0.6 is 0 Å². The standard InChI is InChI=1S/C25H30O6.C25H30O5.C2H6/c1-14-5-6-16-17-13-22(27)24(3)20(7-9-25(24,29)10-8-23(28)30-4)18(17)12-21(19(16)11-14)31-15(2)26;1-15-5-6-17-18-7-10-24(3)21(8-11-25(24,28)12-9-23(27)29-4)19(18)14-22(20(17)13-15)30-16(2)26;1-2/h5-6,11,17-18,20-22,27,29H,7,9,12-13H2,1-4H3;5-6,13,18-19,21-22,28H,7-8,10-11,14H2,1-4H3;1-2H3/t17-,18-,20+,21-,22-,24-,25-;18-,19-,21+,22-,24+,25-;/m11./s1. The fourth-order valence-corrected chi connectivity index (χ4v) is 12.9. The van der Waals surface area contributed by atoms with E-state index in [0.717, 1.165) is 47.9 Å². The molecule has 4 fully saturated rings. The third kappa shape index (κ3) is 8.54. The highest BCUT2D eigenvalue weighted by atomic mass is 16.5. The molecule has 13 atom stereocenters. The molecule has 8 rings (SSSR count). The van der Waals surface area contributed by atoms with Crippen molar-refractivity contribution in [1.82, 2.24) is 0 Å². The van der Waals surface area contributed by atoms with Crippen molar-refractivity contribution in [1.29, 1.82) is 0 Å². The number of rotatable bonds is 2. The molecule has 11 heteroatoms. The summed E-state index contributed by atoms with van der Waals surface area (Å²) in [7, 11) is 2.54. The first-order valence-electron chi connectivity index (χ1n) is 22.7. The van der Waals surface area contributed by atoms with E-state index in [0.29, 0.717) is 43.9 Å². The summed E-state index contributed by atoms with van der Waals surface area (Å²) in [5, 5.41) is 34.2. The minimum Gasteiger partial charge on any atom is -0.459 e. The Morgan fingerprint density at radius 3 is 1.60 bits per heavy atom. The average molecular weight is 867 g/mol. The Balaban J connectivity index is 0.000000202. The Labute approximate surface area is 373 Å². The second-order valence-electron chi connectivity index (χ2n) is 19.0. The van der Waals surface area contributed by atoms with Gasteiger partial charge in [-0.25, -0.2) is 9.59 Å². The van der Waals surface area contributed by atoms with Crippen molar-refractivity contribution in [2.45, 2.75) is 155 Å². The highest BCUT2D eigenvalue weighted by Crippen LogP contribution is 2.67. The molecule has 2 aromatic carbocycles. The number of fused-ring (bicyclic) bond motifs is 10. The Bertz CT molecular complexity index is 2230. The van der Waals surface area contributed by atoms with Crippen LogP contribution in [0, 0.1) is 72.0 Å². The second kappa shape index (κ2) is 18.4. The van der Waals surface area contributed by atoms with Gasteiger partial charge in [-0.15, -0.1) is 0 Å². The van der Waals surface area contributed by atoms with Crippen molar-refractivity contribution in [3.8, 4) is 23.7 Å². The van der Waals surface area contributed by atoms with Gasteiger partial charge in [0.25, 0.3) is 0 Å². The van der Waals surface area contributed by atoms with Gasteiger partial charge in [-0.1, -0.05) is 87.1 Å². The number of ether oxygens (including phenoxy) is 4. The van der Waals surface area contributed by atoms with Crippen LogP contribution < -0.4 is 0 Å². The van der Waals surface area contributed by atoms with Gasteiger partial charge in [-0.05, 0) is 129 Å². The lowest BCUT2D eigenvalue weighted by atomic mass is 9.51. The number of benzene rings is 2. The number of aliphatic hydroxyl groups excluding tert-OH is 1. The van der Waals surface area contributed by atoms with Gasteiger partial charge in [0.15, 0.2) is 0 Å². The summed E-state index contributed by atoms with van der Waals surface area (Å²) in [5.74, 6) is 9.69. The largest absolute Gasteiger partial charge is 0.459 e. The lowest BCUT2D eigenvalue weighted by Gasteiger charge is -2.55. The molecule has 0 aliphatic heterocycles. The maximum absolute atomic E-state index is 11.8. The molecule has 0 aromatic heterocycles. The van der Waals surface area contributed by atoms with Gasteiger partial charge in [-0.3, -0.25) is 9.59 Å². The molecule has 4 saturated carbocycles. The number of carbonyl (C=O) groups excluding carboxylic acids is 4. The maximum Gasteiger partial charge on any atom is 0.384 e. The van der Waals surface area contributed by atoms with Crippen molar-refractivity contribution >= 4 is 23.9 Å². The van der Waals surface area contributed by atoms with E-state index >= 15 is 0 Å². The third-order valence-electron chi connectivity index (χ3n) is 15.9. The molecular formula is C52H66O11. The molecular weight excluding hydrogens is 801 g/mol. The summed E-state index contributed by atoms with van der Waals surface area (Å²) >= 11 is 0. The molecule has 0 heterocycles. The number of aryl methyl sites for hydroxylation is 2. The molecule has 6 aliphatic carbocycles. The summed E-state index contributed by atoms with van der Waals surface area (Å²) in [6.45, 7) is 14.9. The monoisotopic (exact) mass is 866 g/mol. The van der Waals surface area contributed by atoms with Crippen molar-refractivity contribution < 1.29 is 53.4 Å². The fourth-order valence-electron chi connectivity index (χ4n) is 12.9. The van der Waals surface area contributed by atoms with Crippen LogP contribution in [0.5, 0.6) is 0 Å². The van der Waals surface area contributed by atoms with Crippen LogP contribution in [0.25, 0.3) is 0 Å². The first-order chi connectivity index (χ1) is 29.8. The first kappa shape index (κ1) is 47.8. The number of hydrogen-bond donors (Lipinski definition) is 3.